The van der Waals surface area contributed by atoms with Gasteiger partial charge in [-0.3, -0.25) is 28.8 Å². The summed E-state index contributed by atoms with van der Waals surface area (Å²) in [5.41, 5.74) is -0.0278. The molecule has 0 saturated heterocycles. The van der Waals surface area contributed by atoms with Crippen LogP contribution in [-0.2, 0) is 28.8 Å². The molecule has 5 fully saturated rings. The fraction of sp³-hybridized carbons (Fsp3) is 0.357. The van der Waals surface area contributed by atoms with E-state index in [0.717, 1.165) is 34.0 Å². The molecule has 5 aliphatic rings. The number of aliphatic carboxylic acids is 3. The molecule has 5 aliphatic carbocycles. The summed E-state index contributed by atoms with van der Waals surface area (Å²) in [6.45, 7) is 0. The lowest BCUT2D eigenvalue weighted by Gasteiger charge is -2.50. The Morgan fingerprint density at radius 2 is 0.838 bits per heavy atom. The number of nitriles is 3. The number of carbonyl (C=O) groups excluding carboxylic acids is 3. The fourth-order valence-electron chi connectivity index (χ4n) is 10.6. The lowest BCUT2D eigenvalue weighted by molar-refractivity contribution is -0.162. The number of aromatic nitrogens is 3. The van der Waals surface area contributed by atoms with Crippen molar-refractivity contribution in [1.29, 1.82) is 15.8 Å². The Kier molecular flexibility index (Phi) is 18.2. The number of nitrogens with zero attached hydrogens (tertiary/aromatic N) is 6. The molecular formula is C56H50F3N9O9S3. The molecule has 6 aromatic rings. The van der Waals surface area contributed by atoms with Gasteiger partial charge in [0.15, 0.2) is 15.4 Å². The van der Waals surface area contributed by atoms with Gasteiger partial charge in [0.1, 0.15) is 67.4 Å². The number of benzene rings is 3. The van der Waals surface area contributed by atoms with Gasteiger partial charge in [-0.1, -0.05) is 76.8 Å². The van der Waals surface area contributed by atoms with E-state index >= 15 is 0 Å². The van der Waals surface area contributed by atoms with E-state index in [0.29, 0.717) is 83.5 Å². The fourth-order valence-corrected chi connectivity index (χ4v) is 12.9. The summed E-state index contributed by atoms with van der Waals surface area (Å²) in [7, 11) is 0. The number of amides is 3. The van der Waals surface area contributed by atoms with Gasteiger partial charge >= 0.3 is 17.9 Å². The molecule has 18 nitrogen and oxygen atoms in total. The third-order valence-corrected chi connectivity index (χ3v) is 17.9. The highest BCUT2D eigenvalue weighted by Crippen LogP contribution is 2.57. The molecule has 0 radical (unpaired) electrons. The second-order valence-electron chi connectivity index (χ2n) is 19.9. The number of rotatable bonds is 12. The molecule has 6 N–H and O–H groups in total. The lowest BCUT2D eigenvalue weighted by atomic mass is 9.53. The van der Waals surface area contributed by atoms with Crippen LogP contribution in [0.3, 0.4) is 0 Å². The molecule has 5 saturated carbocycles. The number of carboxylic acids is 3. The first-order valence-electron chi connectivity index (χ1n) is 25.5. The standard InChI is InChI=1S/C20H18FN3O3S.2C18H16FN3O3S/c21-13-4-2-1-3-12(13)15-14(11-22)28-18(23-15)24-16(25)19-5-8-20(9-6-19,10-7-19)17(26)27;19-13-7-2-1-6-12(13)15-14(9-20)26-18(21-15)22-16(23)10-4-3-5-11(8-10)17(24)25;19-13-4-2-1-3-12(13)15-14(9-20)26-18(21-15)22-16(23)10-5-7-11(8-6-10)17(24)25/h1-4H,5-10H2,(H,26,27)(H,23,24,25);1-2,6-7,10-11H,3-5,8H2,(H,24,25)(H,21,22,23);1-4,10-11H,5-8H2,(H,24,25)(H,21,22,23). The monoisotopic (exact) mass is 1150 g/mol. The number of carboxylic acid groups (broad SMARTS) is 3. The zero-order valence-electron chi connectivity index (χ0n) is 42.5. The predicted molar refractivity (Wildman–Crippen MR) is 289 cm³/mol. The van der Waals surface area contributed by atoms with Crippen molar-refractivity contribution in [2.24, 2.45) is 34.5 Å². The van der Waals surface area contributed by atoms with E-state index in [4.69, 9.17) is 10.2 Å². The molecular weight excluding hydrogens is 1100 g/mol. The quantitative estimate of drug-likeness (QED) is 0.0663. The van der Waals surface area contributed by atoms with Gasteiger partial charge in [-0.2, -0.15) is 15.8 Å². The molecule has 3 amide bonds. The Morgan fingerprint density at radius 3 is 1.21 bits per heavy atom. The van der Waals surface area contributed by atoms with Gasteiger partial charge in [-0.15, -0.1) is 0 Å². The second-order valence-corrected chi connectivity index (χ2v) is 22.9. The van der Waals surface area contributed by atoms with Gasteiger partial charge in [0, 0.05) is 33.9 Å². The maximum Gasteiger partial charge on any atom is 0.309 e. The van der Waals surface area contributed by atoms with Crippen molar-refractivity contribution in [2.75, 3.05) is 16.0 Å². The van der Waals surface area contributed by atoms with E-state index in [2.05, 4.69) is 30.9 Å². The summed E-state index contributed by atoms with van der Waals surface area (Å²) in [4.78, 5) is 84.9. The highest BCUT2D eigenvalue weighted by Gasteiger charge is 2.55. The number of hydrogen-bond acceptors (Lipinski definition) is 15. The maximum absolute atomic E-state index is 14.1. The first-order chi connectivity index (χ1) is 38.4. The minimum Gasteiger partial charge on any atom is -0.481 e. The third kappa shape index (κ3) is 12.9. The van der Waals surface area contributed by atoms with Crippen LogP contribution in [0.2, 0.25) is 0 Å². The number of thiazole rings is 3. The van der Waals surface area contributed by atoms with Crippen LogP contribution in [0.4, 0.5) is 28.6 Å². The van der Waals surface area contributed by atoms with Gasteiger partial charge in [-0.05, 0) is 120 Å². The Morgan fingerprint density at radius 1 is 0.487 bits per heavy atom. The molecule has 3 aromatic carbocycles. The zero-order chi connectivity index (χ0) is 57.3. The number of anilines is 3. The maximum atomic E-state index is 14.1. The van der Waals surface area contributed by atoms with Crippen LogP contribution >= 0.6 is 34.0 Å². The van der Waals surface area contributed by atoms with Crippen LogP contribution in [0.5, 0.6) is 0 Å². The van der Waals surface area contributed by atoms with E-state index in [9.17, 15) is 62.8 Å². The van der Waals surface area contributed by atoms with Crippen molar-refractivity contribution < 1.29 is 57.3 Å². The van der Waals surface area contributed by atoms with Crippen molar-refractivity contribution in [3.05, 3.63) is 105 Å². The molecule has 0 aliphatic heterocycles. The molecule has 24 heteroatoms. The van der Waals surface area contributed by atoms with E-state index in [1.165, 1.54) is 30.3 Å². The van der Waals surface area contributed by atoms with Crippen LogP contribution < -0.4 is 16.0 Å². The summed E-state index contributed by atoms with van der Waals surface area (Å²) in [6.07, 6.45) is 7.18. The van der Waals surface area contributed by atoms with Gasteiger partial charge in [0.05, 0.1) is 17.3 Å². The van der Waals surface area contributed by atoms with Gasteiger partial charge in [0.25, 0.3) is 0 Å². The Hall–Kier alpha value is -8.37. The molecule has 3 heterocycles. The van der Waals surface area contributed by atoms with Crippen molar-refractivity contribution >= 4 is 85.0 Å². The van der Waals surface area contributed by atoms with Crippen LogP contribution in [0.25, 0.3) is 33.8 Å². The first-order valence-corrected chi connectivity index (χ1v) is 27.9. The minimum absolute atomic E-state index is 0.190. The minimum atomic E-state index is -0.884. The van der Waals surface area contributed by atoms with Gasteiger partial charge in [-0.25, -0.2) is 28.1 Å². The van der Waals surface area contributed by atoms with Crippen LogP contribution in [0, 0.1) is 85.9 Å². The molecule has 11 rings (SSSR count). The number of nitrogens with one attached hydrogen (secondary N) is 3. The first kappa shape index (κ1) is 57.8. The predicted octanol–water partition coefficient (Wildman–Crippen LogP) is 11.5. The number of hydrogen-bond donors (Lipinski definition) is 6. The smallest absolute Gasteiger partial charge is 0.309 e. The summed E-state index contributed by atoms with van der Waals surface area (Å²) >= 11 is 2.99. The molecule has 2 bridgehead atoms. The summed E-state index contributed by atoms with van der Waals surface area (Å²) in [5, 5.41) is 64.4. The van der Waals surface area contributed by atoms with E-state index in [1.807, 2.05) is 18.2 Å². The SMILES string of the molecule is N#Cc1sc(NC(=O)C23CCC(C(=O)O)(CC2)CC3)nc1-c1ccccc1F.N#Cc1sc(NC(=O)C2CCC(C(=O)O)CC2)nc1-c1ccccc1F.N#Cc1sc(NC(=O)C2CCCC(C(=O)O)C2)nc1-c1ccccc1F. The third-order valence-electron chi connectivity index (χ3n) is 15.3. The molecule has 412 valence electrons. The largest absolute Gasteiger partial charge is 0.481 e. The molecule has 2 atom stereocenters. The Balaban J connectivity index is 0.000000158. The Bertz CT molecular complexity index is 3480. The summed E-state index contributed by atoms with van der Waals surface area (Å²) < 4.78 is 42.1. The van der Waals surface area contributed by atoms with Crippen molar-refractivity contribution in [2.45, 2.75) is 89.9 Å². The Labute approximate surface area is 468 Å². The van der Waals surface area contributed by atoms with E-state index < -0.39 is 63.9 Å². The molecule has 0 spiro atoms. The summed E-state index contributed by atoms with van der Waals surface area (Å²) in [6, 6.07) is 24.0. The number of carbonyl (C=O) groups is 6. The lowest BCUT2D eigenvalue weighted by Crippen LogP contribution is -2.50. The van der Waals surface area contributed by atoms with Gasteiger partial charge in [0.2, 0.25) is 17.7 Å². The highest BCUT2D eigenvalue weighted by atomic mass is 32.1. The molecule has 3 aromatic heterocycles. The van der Waals surface area contributed by atoms with E-state index in [1.54, 1.807) is 42.5 Å². The topological polar surface area (TPSA) is 309 Å². The summed E-state index contributed by atoms with van der Waals surface area (Å²) in [5.74, 6) is -6.28. The number of fused-ring (bicyclic) bond motifs is 3. The van der Waals surface area contributed by atoms with Crippen molar-refractivity contribution in [1.82, 2.24) is 15.0 Å². The number of halogens is 3. The van der Waals surface area contributed by atoms with Crippen molar-refractivity contribution in [3.63, 3.8) is 0 Å². The average Bonchev–Trinajstić information content (AvgIpc) is 4.23. The normalized spacial score (nSPS) is 21.8. The van der Waals surface area contributed by atoms with E-state index in [-0.39, 0.29) is 93.9 Å². The molecule has 2 unspecified atom stereocenters. The highest BCUT2D eigenvalue weighted by molar-refractivity contribution is 7.17. The van der Waals surface area contributed by atoms with Crippen LogP contribution in [0.1, 0.15) is 105 Å². The van der Waals surface area contributed by atoms with Crippen molar-refractivity contribution in [3.8, 4) is 52.0 Å². The van der Waals surface area contributed by atoms with Crippen LogP contribution in [0.15, 0.2) is 72.8 Å². The zero-order valence-corrected chi connectivity index (χ0v) is 44.9. The molecule has 80 heavy (non-hydrogen) atoms. The average molecular weight is 1150 g/mol. The second kappa shape index (κ2) is 25.2. The van der Waals surface area contributed by atoms with Crippen LogP contribution in [-0.4, -0.2) is 65.9 Å². The van der Waals surface area contributed by atoms with Gasteiger partial charge < -0.3 is 31.3 Å².